The number of aryl methyl sites for hydroxylation is 2. The van der Waals surface area contributed by atoms with E-state index >= 15 is 0 Å². The summed E-state index contributed by atoms with van der Waals surface area (Å²) in [6.45, 7) is 10.3. The van der Waals surface area contributed by atoms with Crippen molar-refractivity contribution in [3.8, 4) is 17.1 Å². The molecule has 3 N–H and O–H groups in total. The third-order valence-electron chi connectivity index (χ3n) is 6.52. The van der Waals surface area contributed by atoms with Gasteiger partial charge in [-0.15, -0.1) is 0 Å². The minimum Gasteiger partial charge on any atom is -0.507 e. The fraction of sp³-hybridized carbons (Fsp3) is 0.385. The molecule has 9 nitrogen and oxygen atoms in total. The molecule has 0 aliphatic carbocycles. The van der Waals surface area contributed by atoms with E-state index in [0.29, 0.717) is 52.2 Å². The van der Waals surface area contributed by atoms with Gasteiger partial charge in [0.15, 0.2) is 5.82 Å². The van der Waals surface area contributed by atoms with Crippen LogP contribution < -0.4 is 15.5 Å². The van der Waals surface area contributed by atoms with Gasteiger partial charge in [0.05, 0.1) is 16.6 Å². The van der Waals surface area contributed by atoms with Crippen LogP contribution in [0.5, 0.6) is 5.75 Å². The molecule has 1 aliphatic heterocycles. The lowest BCUT2D eigenvalue weighted by Gasteiger charge is -2.37. The summed E-state index contributed by atoms with van der Waals surface area (Å²) in [4.78, 5) is 24.9. The Bertz CT molecular complexity index is 1440. The molecule has 1 saturated heterocycles. The van der Waals surface area contributed by atoms with Crippen molar-refractivity contribution in [2.75, 3.05) is 24.5 Å². The predicted molar refractivity (Wildman–Crippen MR) is 138 cm³/mol. The van der Waals surface area contributed by atoms with Crippen LogP contribution in [0.3, 0.4) is 0 Å². The lowest BCUT2D eigenvalue weighted by atomic mass is 10.0. The Morgan fingerprint density at radius 1 is 1.20 bits per heavy atom. The van der Waals surface area contributed by atoms with E-state index in [0.717, 1.165) is 29.7 Å². The Morgan fingerprint density at radius 2 is 1.94 bits per heavy atom. The smallest absolute Gasteiger partial charge is 0.270 e. The van der Waals surface area contributed by atoms with Crippen molar-refractivity contribution in [3.05, 3.63) is 41.7 Å². The summed E-state index contributed by atoms with van der Waals surface area (Å²) in [7, 11) is 1.84. The van der Waals surface area contributed by atoms with Crippen LogP contribution in [0, 0.1) is 6.92 Å². The SMILES string of the molecule is CCNC(=O)c1nc(-c2cc3cn(C)nc3c(C)c2O)nc2ccc(N3C[C@H](C)N[C@@H](C)C3)cc12. The minimum absolute atomic E-state index is 0.0674. The van der Waals surface area contributed by atoms with E-state index < -0.39 is 0 Å². The third kappa shape index (κ3) is 4.16. The quantitative estimate of drug-likeness (QED) is 0.418. The van der Waals surface area contributed by atoms with Gasteiger partial charge < -0.3 is 20.6 Å². The zero-order valence-corrected chi connectivity index (χ0v) is 20.8. The van der Waals surface area contributed by atoms with Crippen LogP contribution in [0.4, 0.5) is 5.69 Å². The number of hydrogen-bond acceptors (Lipinski definition) is 7. The van der Waals surface area contributed by atoms with Crippen LogP contribution in [-0.4, -0.2) is 62.5 Å². The highest BCUT2D eigenvalue weighted by Crippen LogP contribution is 2.36. The number of piperazine rings is 1. The molecule has 2 aromatic carbocycles. The van der Waals surface area contributed by atoms with Gasteiger partial charge in [0, 0.05) is 67.0 Å². The first-order chi connectivity index (χ1) is 16.7. The van der Waals surface area contributed by atoms with Gasteiger partial charge in [-0.25, -0.2) is 9.97 Å². The van der Waals surface area contributed by atoms with Crippen LogP contribution in [0.15, 0.2) is 30.5 Å². The number of benzene rings is 2. The molecule has 0 spiro atoms. The number of carbonyl (C=O) groups is 1. The van der Waals surface area contributed by atoms with Crippen molar-refractivity contribution in [2.24, 2.45) is 7.05 Å². The highest BCUT2D eigenvalue weighted by atomic mass is 16.3. The summed E-state index contributed by atoms with van der Waals surface area (Å²) in [6, 6.07) is 8.53. The summed E-state index contributed by atoms with van der Waals surface area (Å²) in [5, 5.41) is 23.4. The van der Waals surface area contributed by atoms with Gasteiger partial charge >= 0.3 is 0 Å². The molecule has 9 heteroatoms. The molecule has 35 heavy (non-hydrogen) atoms. The highest BCUT2D eigenvalue weighted by molar-refractivity contribution is 6.06. The number of rotatable bonds is 4. The second kappa shape index (κ2) is 8.81. The Balaban J connectivity index is 1.68. The summed E-state index contributed by atoms with van der Waals surface area (Å²) < 4.78 is 1.71. The number of fused-ring (bicyclic) bond motifs is 2. The summed E-state index contributed by atoms with van der Waals surface area (Å²) in [6.07, 6.45) is 1.89. The highest BCUT2D eigenvalue weighted by Gasteiger charge is 2.24. The molecule has 2 atom stereocenters. The monoisotopic (exact) mass is 473 g/mol. The van der Waals surface area contributed by atoms with Crippen molar-refractivity contribution in [1.29, 1.82) is 0 Å². The number of nitrogens with zero attached hydrogens (tertiary/aromatic N) is 5. The van der Waals surface area contributed by atoms with Gasteiger partial charge in [-0.05, 0) is 52.0 Å². The molecule has 1 amide bonds. The second-order valence-electron chi connectivity index (χ2n) is 9.47. The lowest BCUT2D eigenvalue weighted by Crippen LogP contribution is -2.54. The van der Waals surface area contributed by atoms with Gasteiger partial charge in [-0.1, -0.05) is 0 Å². The fourth-order valence-corrected chi connectivity index (χ4v) is 5.00. The van der Waals surface area contributed by atoms with Crippen molar-refractivity contribution in [2.45, 2.75) is 39.8 Å². The molecule has 0 unspecified atom stereocenters. The molecular weight excluding hydrogens is 442 g/mol. The maximum absolute atomic E-state index is 13.1. The molecule has 5 rings (SSSR count). The summed E-state index contributed by atoms with van der Waals surface area (Å²) >= 11 is 0. The zero-order chi connectivity index (χ0) is 24.9. The average Bonchev–Trinajstić information content (AvgIpc) is 3.20. The molecule has 3 heterocycles. The van der Waals surface area contributed by atoms with Gasteiger partial charge in [0.1, 0.15) is 11.4 Å². The van der Waals surface area contributed by atoms with Crippen molar-refractivity contribution >= 4 is 33.4 Å². The van der Waals surface area contributed by atoms with E-state index in [4.69, 9.17) is 4.98 Å². The Kier molecular flexibility index (Phi) is 5.80. The molecule has 0 radical (unpaired) electrons. The zero-order valence-electron chi connectivity index (χ0n) is 20.8. The van der Waals surface area contributed by atoms with E-state index in [1.807, 2.05) is 51.4 Å². The van der Waals surface area contributed by atoms with Gasteiger partial charge in [-0.3, -0.25) is 9.48 Å². The Labute approximate surface area is 204 Å². The van der Waals surface area contributed by atoms with Crippen LogP contribution in [0.2, 0.25) is 0 Å². The first-order valence-electron chi connectivity index (χ1n) is 12.0. The number of aromatic nitrogens is 4. The summed E-state index contributed by atoms with van der Waals surface area (Å²) in [5.74, 6) is 0.110. The average molecular weight is 474 g/mol. The number of hydrogen-bond donors (Lipinski definition) is 3. The topological polar surface area (TPSA) is 108 Å². The number of phenolic OH excluding ortho intramolecular Hbond substituents is 1. The van der Waals surface area contributed by atoms with Gasteiger partial charge in [0.2, 0.25) is 0 Å². The molecule has 182 valence electrons. The molecule has 0 bridgehead atoms. The standard InChI is InChI=1S/C26H31N7O2/c1-6-27-26(35)23-19-10-18(33-11-14(2)28-15(3)12-33)7-8-21(19)29-25(30-23)20-9-17-13-32(5)31-22(17)16(4)24(20)34/h7-10,13-15,28,34H,6,11-12H2,1-5H3,(H,27,35)/t14-,15-/m0/s1. The van der Waals surface area contributed by atoms with Crippen molar-refractivity contribution in [1.82, 2.24) is 30.4 Å². The molecule has 0 saturated carbocycles. The molecule has 1 aliphatic rings. The number of phenols is 1. The summed E-state index contributed by atoms with van der Waals surface area (Å²) in [5.41, 5.74) is 3.84. The first kappa shape index (κ1) is 23.0. The van der Waals surface area contributed by atoms with Crippen LogP contribution >= 0.6 is 0 Å². The van der Waals surface area contributed by atoms with E-state index in [9.17, 15) is 9.90 Å². The molecule has 4 aromatic rings. The van der Waals surface area contributed by atoms with Crippen molar-refractivity contribution in [3.63, 3.8) is 0 Å². The number of nitrogens with one attached hydrogen (secondary N) is 2. The number of carbonyl (C=O) groups excluding carboxylic acids is 1. The molecule has 1 fully saturated rings. The van der Waals surface area contributed by atoms with E-state index in [1.54, 1.807) is 4.68 Å². The maximum Gasteiger partial charge on any atom is 0.270 e. The largest absolute Gasteiger partial charge is 0.507 e. The van der Waals surface area contributed by atoms with Gasteiger partial charge in [0.25, 0.3) is 5.91 Å². The molecule has 2 aromatic heterocycles. The van der Waals surface area contributed by atoms with E-state index in [-0.39, 0.29) is 11.7 Å². The maximum atomic E-state index is 13.1. The normalized spacial score (nSPS) is 18.4. The number of amides is 1. The lowest BCUT2D eigenvalue weighted by molar-refractivity contribution is 0.0952. The van der Waals surface area contributed by atoms with Crippen molar-refractivity contribution < 1.29 is 9.90 Å². The number of aromatic hydroxyl groups is 1. The van der Waals surface area contributed by atoms with E-state index in [1.165, 1.54) is 0 Å². The predicted octanol–water partition coefficient (Wildman–Crippen LogP) is 3.13. The molecular formula is C26H31N7O2. The Morgan fingerprint density at radius 3 is 2.66 bits per heavy atom. The van der Waals surface area contributed by atoms with E-state index in [2.05, 4.69) is 39.5 Å². The van der Waals surface area contributed by atoms with Gasteiger partial charge in [-0.2, -0.15) is 5.10 Å². The number of anilines is 1. The van der Waals surface area contributed by atoms with Crippen LogP contribution in [0.25, 0.3) is 33.2 Å². The Hall–Kier alpha value is -3.72. The fourth-order valence-electron chi connectivity index (χ4n) is 5.00. The van der Waals surface area contributed by atoms with Crippen LogP contribution in [-0.2, 0) is 7.05 Å². The third-order valence-corrected chi connectivity index (χ3v) is 6.52. The van der Waals surface area contributed by atoms with Crippen LogP contribution in [0.1, 0.15) is 36.8 Å². The first-order valence-corrected chi connectivity index (χ1v) is 12.0. The second-order valence-corrected chi connectivity index (χ2v) is 9.47. The minimum atomic E-state index is -0.265.